The lowest BCUT2D eigenvalue weighted by molar-refractivity contribution is -0.139. The molecule has 1 aliphatic rings. The Labute approximate surface area is 124 Å². The molecule has 2 rings (SSSR count). The van der Waals surface area contributed by atoms with Crippen LogP contribution < -0.4 is 10.1 Å². The minimum atomic E-state index is -1.01. The molecule has 1 heterocycles. The van der Waals surface area contributed by atoms with E-state index in [1.807, 2.05) is 20.8 Å². The number of carbonyl (C=O) groups excluding carboxylic acids is 1. The number of aliphatic hydroxyl groups excluding tert-OH is 1. The zero-order chi connectivity index (χ0) is 15.9. The first kappa shape index (κ1) is 15.6. The Hall–Kier alpha value is -1.75. The predicted octanol–water partition coefficient (Wildman–Crippen LogP) is 1.86. The van der Waals surface area contributed by atoms with E-state index < -0.39 is 11.8 Å². The summed E-state index contributed by atoms with van der Waals surface area (Å²) >= 11 is 0. The third-order valence-electron chi connectivity index (χ3n) is 4.34. The van der Waals surface area contributed by atoms with Gasteiger partial charge in [-0.15, -0.1) is 0 Å². The lowest BCUT2D eigenvalue weighted by Crippen LogP contribution is -2.53. The van der Waals surface area contributed by atoms with Crippen molar-refractivity contribution in [1.82, 2.24) is 5.32 Å². The first-order chi connectivity index (χ1) is 9.67. The fourth-order valence-corrected chi connectivity index (χ4v) is 2.75. The van der Waals surface area contributed by atoms with Crippen LogP contribution in [0.25, 0.3) is 0 Å². The summed E-state index contributed by atoms with van der Waals surface area (Å²) < 4.78 is 6.00. The zero-order valence-electron chi connectivity index (χ0n) is 13.2. The number of hydrogen-bond donors (Lipinski definition) is 3. The topological polar surface area (TPSA) is 78.8 Å². The molecule has 0 spiro atoms. The van der Waals surface area contributed by atoms with Crippen molar-refractivity contribution in [2.75, 3.05) is 0 Å². The Morgan fingerprint density at radius 2 is 1.90 bits per heavy atom. The van der Waals surface area contributed by atoms with Gasteiger partial charge >= 0.3 is 0 Å². The third-order valence-corrected chi connectivity index (χ3v) is 4.34. The molecule has 0 saturated heterocycles. The van der Waals surface area contributed by atoms with Crippen LogP contribution in [0.2, 0.25) is 0 Å². The van der Waals surface area contributed by atoms with Gasteiger partial charge in [-0.1, -0.05) is 0 Å². The maximum Gasteiger partial charge on any atom is 0.265 e. The van der Waals surface area contributed by atoms with Gasteiger partial charge in [-0.2, -0.15) is 0 Å². The quantitative estimate of drug-likeness (QED) is 0.727. The molecule has 1 aromatic rings. The zero-order valence-corrected chi connectivity index (χ0v) is 13.2. The molecule has 0 aromatic heterocycles. The molecule has 0 saturated carbocycles. The number of ether oxygens (including phenoxy) is 1. The number of rotatable bonds is 2. The Morgan fingerprint density at radius 1 is 1.29 bits per heavy atom. The maximum atomic E-state index is 12.2. The van der Waals surface area contributed by atoms with Gasteiger partial charge in [0.05, 0.1) is 0 Å². The fourth-order valence-electron chi connectivity index (χ4n) is 2.75. The van der Waals surface area contributed by atoms with Crippen LogP contribution in [0.4, 0.5) is 0 Å². The number of aliphatic hydroxyl groups is 1. The van der Waals surface area contributed by atoms with Gasteiger partial charge < -0.3 is 20.3 Å². The number of nitrogens with one attached hydrogen (secondary N) is 1. The van der Waals surface area contributed by atoms with E-state index in [4.69, 9.17) is 4.74 Å². The van der Waals surface area contributed by atoms with E-state index in [2.05, 4.69) is 5.32 Å². The summed E-state index contributed by atoms with van der Waals surface area (Å²) in [5, 5.41) is 21.9. The van der Waals surface area contributed by atoms with Crippen LogP contribution in [0.3, 0.4) is 0 Å². The molecule has 0 bridgehead atoms. The van der Waals surface area contributed by atoms with Gasteiger partial charge in [0.1, 0.15) is 17.7 Å². The first-order valence-corrected chi connectivity index (χ1v) is 7.17. The molecule has 1 amide bonds. The van der Waals surface area contributed by atoms with Gasteiger partial charge in [-0.05, 0) is 57.7 Å². The van der Waals surface area contributed by atoms with Crippen molar-refractivity contribution >= 4 is 5.91 Å². The van der Waals surface area contributed by atoms with Gasteiger partial charge in [-0.3, -0.25) is 4.79 Å². The van der Waals surface area contributed by atoms with Crippen LogP contribution in [0.1, 0.15) is 42.5 Å². The second kappa shape index (κ2) is 5.22. The van der Waals surface area contributed by atoms with Crippen LogP contribution >= 0.6 is 0 Å². The number of phenolic OH excluding ortho intramolecular Hbond substituents is 1. The molecule has 5 heteroatoms. The highest BCUT2D eigenvalue weighted by Gasteiger charge is 2.41. The van der Waals surface area contributed by atoms with Gasteiger partial charge in [0.2, 0.25) is 0 Å². The smallest absolute Gasteiger partial charge is 0.265 e. The van der Waals surface area contributed by atoms with Gasteiger partial charge in [-0.25, -0.2) is 0 Å². The maximum absolute atomic E-state index is 12.2. The molecule has 1 aliphatic heterocycles. The third kappa shape index (κ3) is 2.58. The van der Waals surface area contributed by atoms with E-state index in [1.54, 1.807) is 6.92 Å². The standard InChI is InChI=1S/C16H23NO4/c1-8-9(2)14-12(10(3)13(8)19)6-7-16(5,21-14)15(20)17-11(4)18/h11,18-19H,6-7H2,1-5H3,(H,17,20). The summed E-state index contributed by atoms with van der Waals surface area (Å²) in [6.45, 7) is 8.80. The van der Waals surface area contributed by atoms with Crippen molar-refractivity contribution in [3.05, 3.63) is 22.3 Å². The van der Waals surface area contributed by atoms with Crippen molar-refractivity contribution in [3.63, 3.8) is 0 Å². The van der Waals surface area contributed by atoms with E-state index in [9.17, 15) is 15.0 Å². The fraction of sp³-hybridized carbons (Fsp3) is 0.562. The minimum Gasteiger partial charge on any atom is -0.507 e. The SMILES string of the molecule is Cc1c(C)c2c(c(C)c1O)CCC(C)(C(=O)NC(C)O)O2. The van der Waals surface area contributed by atoms with E-state index in [1.165, 1.54) is 6.92 Å². The average molecular weight is 293 g/mol. The monoisotopic (exact) mass is 293 g/mol. The lowest BCUT2D eigenvalue weighted by Gasteiger charge is -2.36. The van der Waals surface area contributed by atoms with Crippen LogP contribution in [-0.4, -0.2) is 27.9 Å². The van der Waals surface area contributed by atoms with Gasteiger partial charge in [0, 0.05) is 12.0 Å². The Morgan fingerprint density at radius 3 is 2.48 bits per heavy atom. The van der Waals surface area contributed by atoms with Crippen molar-refractivity contribution in [1.29, 1.82) is 0 Å². The molecule has 3 N–H and O–H groups in total. The second-order valence-electron chi connectivity index (χ2n) is 6.01. The van der Waals surface area contributed by atoms with Crippen molar-refractivity contribution < 1.29 is 19.7 Å². The summed E-state index contributed by atoms with van der Waals surface area (Å²) in [6, 6.07) is 0. The highest BCUT2D eigenvalue weighted by molar-refractivity contribution is 5.86. The molecule has 21 heavy (non-hydrogen) atoms. The molecular formula is C16H23NO4. The van der Waals surface area contributed by atoms with Crippen LogP contribution in [0.5, 0.6) is 11.5 Å². The number of fused-ring (bicyclic) bond motifs is 1. The van der Waals surface area contributed by atoms with E-state index >= 15 is 0 Å². The number of benzene rings is 1. The Kier molecular flexibility index (Phi) is 3.89. The molecular weight excluding hydrogens is 270 g/mol. The van der Waals surface area contributed by atoms with E-state index in [0.717, 1.165) is 22.3 Å². The minimum absolute atomic E-state index is 0.298. The summed E-state index contributed by atoms with van der Waals surface area (Å²) in [6.07, 6.45) is 0.240. The highest BCUT2D eigenvalue weighted by Crippen LogP contribution is 2.43. The molecule has 0 aliphatic carbocycles. The van der Waals surface area contributed by atoms with E-state index in [0.29, 0.717) is 24.3 Å². The number of hydrogen-bond acceptors (Lipinski definition) is 4. The Bertz CT molecular complexity index is 595. The molecule has 2 atom stereocenters. The van der Waals surface area contributed by atoms with E-state index in [-0.39, 0.29) is 5.91 Å². The van der Waals surface area contributed by atoms with Crippen molar-refractivity contribution in [3.8, 4) is 11.5 Å². The summed E-state index contributed by atoms with van der Waals surface area (Å²) in [5.41, 5.74) is 2.38. The summed E-state index contributed by atoms with van der Waals surface area (Å²) in [5.74, 6) is 0.648. The number of carbonyl (C=O) groups is 1. The lowest BCUT2D eigenvalue weighted by atomic mass is 9.86. The molecule has 0 radical (unpaired) electrons. The van der Waals surface area contributed by atoms with Crippen molar-refractivity contribution in [2.24, 2.45) is 0 Å². The first-order valence-electron chi connectivity index (χ1n) is 7.17. The van der Waals surface area contributed by atoms with Crippen LogP contribution in [0, 0.1) is 20.8 Å². The largest absolute Gasteiger partial charge is 0.507 e. The average Bonchev–Trinajstić information content (AvgIpc) is 2.42. The predicted molar refractivity (Wildman–Crippen MR) is 79.5 cm³/mol. The summed E-state index contributed by atoms with van der Waals surface area (Å²) in [4.78, 5) is 12.2. The van der Waals surface area contributed by atoms with Gasteiger partial charge in [0.15, 0.2) is 5.60 Å². The number of amides is 1. The van der Waals surface area contributed by atoms with Crippen molar-refractivity contribution in [2.45, 2.75) is 59.3 Å². The molecule has 1 aromatic carbocycles. The number of aromatic hydroxyl groups is 1. The molecule has 2 unspecified atom stereocenters. The second-order valence-corrected chi connectivity index (χ2v) is 6.01. The van der Waals surface area contributed by atoms with Gasteiger partial charge in [0.25, 0.3) is 5.91 Å². The summed E-state index contributed by atoms with van der Waals surface area (Å²) in [7, 11) is 0. The van der Waals surface area contributed by atoms with Crippen LogP contribution in [0.15, 0.2) is 0 Å². The Balaban J connectivity index is 2.43. The van der Waals surface area contributed by atoms with Crippen LogP contribution in [-0.2, 0) is 11.2 Å². The molecule has 0 fully saturated rings. The highest BCUT2D eigenvalue weighted by atomic mass is 16.5. The normalized spacial score (nSPS) is 22.2. The molecule has 116 valence electrons. The molecule has 5 nitrogen and oxygen atoms in total. The number of phenols is 1.